The quantitative estimate of drug-likeness (QED) is 0.327. The molecular weight excluding hydrogens is 431 g/mol. The fourth-order valence-electron chi connectivity index (χ4n) is 6.84. The van der Waals surface area contributed by atoms with Crippen LogP contribution in [0.4, 0.5) is 4.39 Å². The third-order valence-corrected chi connectivity index (χ3v) is 9.12. The highest BCUT2D eigenvalue weighted by Crippen LogP contribution is 2.60. The Hall–Kier alpha value is -2.65. The highest BCUT2D eigenvalue weighted by molar-refractivity contribution is 5.57. The van der Waals surface area contributed by atoms with E-state index in [4.69, 9.17) is 0 Å². The van der Waals surface area contributed by atoms with E-state index in [2.05, 4.69) is 32.1 Å². The van der Waals surface area contributed by atoms with Gasteiger partial charge >= 0.3 is 0 Å². The van der Waals surface area contributed by atoms with Crippen LogP contribution in [0.2, 0.25) is 0 Å². The molecule has 3 fully saturated rings. The molecule has 0 spiro atoms. The van der Waals surface area contributed by atoms with Crippen molar-refractivity contribution in [2.24, 2.45) is 5.41 Å². The number of nitriles is 2. The second-order valence-corrected chi connectivity index (χ2v) is 11.2. The molecule has 3 heteroatoms. The van der Waals surface area contributed by atoms with Crippen LogP contribution in [0.5, 0.6) is 0 Å². The van der Waals surface area contributed by atoms with Crippen LogP contribution in [0.15, 0.2) is 30.3 Å². The topological polar surface area (TPSA) is 47.6 Å². The Morgan fingerprint density at radius 2 is 1.43 bits per heavy atom. The van der Waals surface area contributed by atoms with Crippen molar-refractivity contribution in [1.29, 1.82) is 10.5 Å². The molecule has 3 saturated carbocycles. The highest BCUT2D eigenvalue weighted by atomic mass is 19.1. The lowest BCUT2D eigenvalue weighted by Crippen LogP contribution is -2.44. The summed E-state index contributed by atoms with van der Waals surface area (Å²) in [7, 11) is 0. The van der Waals surface area contributed by atoms with E-state index >= 15 is 0 Å². The summed E-state index contributed by atoms with van der Waals surface area (Å²) >= 11 is 0. The second kappa shape index (κ2) is 11.0. The van der Waals surface area contributed by atoms with Crippen molar-refractivity contribution >= 4 is 0 Å². The molecule has 2 nitrogen and oxygen atoms in total. The number of halogens is 1. The number of hydrogen-bond acceptors (Lipinski definition) is 2. The summed E-state index contributed by atoms with van der Waals surface area (Å²) in [6.45, 7) is 4.36. The van der Waals surface area contributed by atoms with E-state index in [1.165, 1.54) is 44.9 Å². The number of rotatable bonds is 10. The molecule has 5 rings (SSSR count). The van der Waals surface area contributed by atoms with Crippen LogP contribution >= 0.6 is 0 Å². The second-order valence-electron chi connectivity index (χ2n) is 11.2. The zero-order valence-electron chi connectivity index (χ0n) is 21.6. The lowest BCUT2D eigenvalue weighted by Gasteiger charge is -2.54. The average molecular weight is 471 g/mol. The Morgan fingerprint density at radius 1 is 0.771 bits per heavy atom. The first-order chi connectivity index (χ1) is 17.0. The van der Waals surface area contributed by atoms with Gasteiger partial charge in [0, 0.05) is 0 Å². The van der Waals surface area contributed by atoms with Gasteiger partial charge in [-0.2, -0.15) is 10.5 Å². The van der Waals surface area contributed by atoms with Crippen molar-refractivity contribution in [2.45, 2.75) is 109 Å². The van der Waals surface area contributed by atoms with Gasteiger partial charge in [0.05, 0.1) is 11.1 Å². The molecule has 0 heterocycles. The monoisotopic (exact) mass is 470 g/mol. The smallest absolute Gasteiger partial charge is 0.126 e. The number of fused-ring (bicyclic) bond motifs is 3. The SMILES string of the molecule is CCCCCC12CCC(c3ccc(CCc4ccc(CCC)cc4F)c(C#N)c3C#N)(CC1)CC2. The average Bonchev–Trinajstić information content (AvgIpc) is 2.89. The maximum atomic E-state index is 14.6. The minimum Gasteiger partial charge on any atom is -0.207 e. The van der Waals surface area contributed by atoms with Crippen molar-refractivity contribution in [3.63, 3.8) is 0 Å². The molecule has 2 bridgehead atoms. The van der Waals surface area contributed by atoms with E-state index in [1.807, 2.05) is 18.2 Å². The van der Waals surface area contributed by atoms with Crippen molar-refractivity contribution < 1.29 is 4.39 Å². The van der Waals surface area contributed by atoms with Crippen LogP contribution in [-0.4, -0.2) is 0 Å². The molecule has 0 amide bonds. The first kappa shape index (κ1) is 25.4. The third kappa shape index (κ3) is 5.16. The summed E-state index contributed by atoms with van der Waals surface area (Å²) in [6, 6.07) is 14.5. The zero-order chi connectivity index (χ0) is 24.9. The van der Waals surface area contributed by atoms with Gasteiger partial charge in [-0.25, -0.2) is 4.39 Å². The third-order valence-electron chi connectivity index (χ3n) is 9.12. The molecule has 0 atom stereocenters. The highest BCUT2D eigenvalue weighted by Gasteiger charge is 2.49. The van der Waals surface area contributed by atoms with Gasteiger partial charge in [0.15, 0.2) is 0 Å². The van der Waals surface area contributed by atoms with Crippen molar-refractivity contribution in [3.05, 3.63) is 69.5 Å². The van der Waals surface area contributed by atoms with Gasteiger partial charge in [-0.1, -0.05) is 63.8 Å². The van der Waals surface area contributed by atoms with E-state index in [-0.39, 0.29) is 11.2 Å². The van der Waals surface area contributed by atoms with E-state index in [0.717, 1.165) is 48.8 Å². The summed E-state index contributed by atoms with van der Waals surface area (Å²) in [4.78, 5) is 0. The first-order valence-electron chi connectivity index (χ1n) is 13.7. The van der Waals surface area contributed by atoms with Gasteiger partial charge < -0.3 is 0 Å². The maximum Gasteiger partial charge on any atom is 0.126 e. The van der Waals surface area contributed by atoms with Crippen molar-refractivity contribution in [1.82, 2.24) is 0 Å². The Kier molecular flexibility index (Phi) is 7.96. The molecule has 0 radical (unpaired) electrons. The molecule has 2 aromatic rings. The van der Waals surface area contributed by atoms with Crippen LogP contribution in [0.3, 0.4) is 0 Å². The lowest BCUT2D eigenvalue weighted by atomic mass is 9.50. The van der Waals surface area contributed by atoms with Crippen LogP contribution in [0.25, 0.3) is 0 Å². The van der Waals surface area contributed by atoms with Gasteiger partial charge in [-0.3, -0.25) is 0 Å². The number of aryl methyl sites for hydroxylation is 3. The molecule has 2 aromatic carbocycles. The first-order valence-corrected chi connectivity index (χ1v) is 13.7. The molecule has 184 valence electrons. The fraction of sp³-hybridized carbons (Fsp3) is 0.562. The van der Waals surface area contributed by atoms with Crippen molar-refractivity contribution in [3.8, 4) is 12.1 Å². The zero-order valence-corrected chi connectivity index (χ0v) is 21.6. The predicted octanol–water partition coefficient (Wildman–Crippen LogP) is 8.48. The van der Waals surface area contributed by atoms with Gasteiger partial charge in [0.2, 0.25) is 0 Å². The van der Waals surface area contributed by atoms with Crippen LogP contribution in [0.1, 0.15) is 118 Å². The predicted molar refractivity (Wildman–Crippen MR) is 140 cm³/mol. The normalized spacial score (nSPS) is 23.1. The molecule has 0 aromatic heterocycles. The molecule has 0 unspecified atom stereocenters. The summed E-state index contributed by atoms with van der Waals surface area (Å²) in [5, 5.41) is 20.2. The summed E-state index contributed by atoms with van der Waals surface area (Å²) in [5.74, 6) is -0.169. The molecule has 0 saturated heterocycles. The molecule has 3 aliphatic rings. The number of benzene rings is 2. The Bertz CT molecular complexity index is 1110. The van der Waals surface area contributed by atoms with Crippen LogP contribution in [0, 0.1) is 33.9 Å². The van der Waals surface area contributed by atoms with E-state index in [0.29, 0.717) is 34.9 Å². The number of unbranched alkanes of at least 4 members (excludes halogenated alkanes) is 2. The van der Waals surface area contributed by atoms with Crippen LogP contribution < -0.4 is 0 Å². The molecule has 3 aliphatic carbocycles. The molecule has 35 heavy (non-hydrogen) atoms. The Balaban J connectivity index is 1.53. The maximum absolute atomic E-state index is 14.6. The van der Waals surface area contributed by atoms with Crippen molar-refractivity contribution in [2.75, 3.05) is 0 Å². The summed E-state index contributed by atoms with van der Waals surface area (Å²) in [6.07, 6.45) is 15.4. The largest absolute Gasteiger partial charge is 0.207 e. The fourth-order valence-corrected chi connectivity index (χ4v) is 6.84. The van der Waals surface area contributed by atoms with Gasteiger partial charge in [0.25, 0.3) is 0 Å². The molecular formula is C32H39FN2. The van der Waals surface area contributed by atoms with Gasteiger partial charge in [-0.15, -0.1) is 0 Å². The summed E-state index contributed by atoms with van der Waals surface area (Å²) < 4.78 is 14.6. The molecule has 0 aliphatic heterocycles. The minimum atomic E-state index is -0.169. The van der Waals surface area contributed by atoms with E-state index in [9.17, 15) is 14.9 Å². The number of hydrogen-bond donors (Lipinski definition) is 0. The molecule has 0 N–H and O–H groups in total. The van der Waals surface area contributed by atoms with E-state index < -0.39 is 0 Å². The van der Waals surface area contributed by atoms with Crippen LogP contribution in [-0.2, 0) is 24.7 Å². The lowest BCUT2D eigenvalue weighted by molar-refractivity contribution is 0.0304. The Morgan fingerprint density at radius 3 is 2.03 bits per heavy atom. The van der Waals surface area contributed by atoms with E-state index in [1.54, 1.807) is 6.07 Å². The van der Waals surface area contributed by atoms with Gasteiger partial charge in [-0.05, 0) is 103 Å². The Labute approximate surface area is 211 Å². The van der Waals surface area contributed by atoms with Gasteiger partial charge in [0.1, 0.15) is 18.0 Å². The summed E-state index contributed by atoms with van der Waals surface area (Å²) in [5.41, 5.74) is 5.29. The standard InChI is InChI=1S/C32H39FN2/c1-3-5-6-14-31-15-18-32(19-16-31,20-17-31)29-13-12-25(27(22-34)28(29)23-35)10-11-26-9-8-24(7-4-2)21-30(26)33/h8-9,12-13,21H,3-7,10-11,14-20H2,1-2H3. The minimum absolute atomic E-state index is 0.0446. The number of nitrogens with zero attached hydrogens (tertiary/aromatic N) is 2.